The zero-order chi connectivity index (χ0) is 35.3. The molecule has 2 aliphatic rings. The number of carboxylic acids is 1. The van der Waals surface area contributed by atoms with Crippen LogP contribution in [0, 0.1) is 0 Å². The first-order valence-electron chi connectivity index (χ1n) is 13.3. The third-order valence-corrected chi connectivity index (χ3v) is 9.61. The summed E-state index contributed by atoms with van der Waals surface area (Å²) in [5.74, 6) is -1.95. The van der Waals surface area contributed by atoms with E-state index in [-0.39, 0.29) is 17.1 Å². The Bertz CT molecular complexity index is 1800. The number of carboxylic acid groups (broad SMARTS) is 1. The lowest BCUT2D eigenvalue weighted by Gasteiger charge is -2.40. The number of carbonyl (C=O) groups is 1. The SMILES string of the molecule is Nc1nc2c(ncn2[C@@H]2O[C@H](COP(=O)(O)OP(=O)(O)O[C@H]3O[C@@H](Cn4cc(C(O)C(=O)O)nn4)[C@@H](O)[C@@H](O)[C@@H]3O)[C@@H](O)[C@H]2O)c(=O)[nH]1. The van der Waals surface area contributed by atoms with E-state index in [1.165, 1.54) is 0 Å². The van der Waals surface area contributed by atoms with E-state index in [2.05, 4.69) is 38.6 Å². The van der Waals surface area contributed by atoms with Gasteiger partial charge in [-0.2, -0.15) is 9.29 Å². The Morgan fingerprint density at radius 2 is 1.73 bits per heavy atom. The van der Waals surface area contributed by atoms with Gasteiger partial charge in [-0.1, -0.05) is 5.21 Å². The molecule has 48 heavy (non-hydrogen) atoms. The molecule has 2 saturated heterocycles. The van der Waals surface area contributed by atoms with E-state index >= 15 is 0 Å². The van der Waals surface area contributed by atoms with Gasteiger partial charge in [0.15, 0.2) is 29.8 Å². The summed E-state index contributed by atoms with van der Waals surface area (Å²) in [6.07, 6.45) is -16.8. The number of hydrogen-bond donors (Lipinski definition) is 11. The topological polar surface area (TPSA) is 400 Å². The van der Waals surface area contributed by atoms with Crippen LogP contribution in [-0.2, 0) is 43.3 Å². The van der Waals surface area contributed by atoms with Crippen LogP contribution in [0.4, 0.5) is 5.95 Å². The number of imidazole rings is 1. The number of aromatic nitrogens is 7. The number of anilines is 1. The van der Waals surface area contributed by atoms with E-state index in [1.807, 2.05) is 0 Å². The molecule has 0 amide bonds. The van der Waals surface area contributed by atoms with Gasteiger partial charge in [0.05, 0.1) is 25.7 Å². The van der Waals surface area contributed by atoms with Gasteiger partial charge in [0.2, 0.25) is 5.95 Å². The number of fused-ring (bicyclic) bond motifs is 1. The monoisotopic (exact) mass is 730 g/mol. The highest BCUT2D eigenvalue weighted by Gasteiger charge is 2.50. The van der Waals surface area contributed by atoms with Crippen molar-refractivity contribution in [1.29, 1.82) is 0 Å². The molecule has 5 heterocycles. The molecule has 12 atom stereocenters. The number of nitrogen functional groups attached to an aromatic ring is 1. The molecular formula is C20H28N8O18P2. The molecule has 266 valence electrons. The summed E-state index contributed by atoms with van der Waals surface area (Å²) in [5, 5.41) is 77.1. The largest absolute Gasteiger partial charge is 0.483 e. The van der Waals surface area contributed by atoms with Crippen molar-refractivity contribution in [2.75, 3.05) is 12.3 Å². The van der Waals surface area contributed by atoms with E-state index in [9.17, 15) is 59.1 Å². The van der Waals surface area contributed by atoms with E-state index in [4.69, 9.17) is 20.3 Å². The minimum absolute atomic E-state index is 0.140. The molecule has 2 aliphatic heterocycles. The lowest BCUT2D eigenvalue weighted by Crippen LogP contribution is -2.58. The molecule has 2 fully saturated rings. The van der Waals surface area contributed by atoms with Gasteiger partial charge < -0.3 is 60.7 Å². The lowest BCUT2D eigenvalue weighted by atomic mass is 9.99. The van der Waals surface area contributed by atoms with E-state index < -0.39 is 107 Å². The zero-order valence-corrected chi connectivity index (χ0v) is 25.5. The Hall–Kier alpha value is -3.30. The van der Waals surface area contributed by atoms with Crippen molar-refractivity contribution < 1.29 is 82.3 Å². The minimum Gasteiger partial charge on any atom is -0.479 e. The zero-order valence-electron chi connectivity index (χ0n) is 23.7. The first kappa shape index (κ1) is 36.0. The summed E-state index contributed by atoms with van der Waals surface area (Å²) in [7, 11) is -11.3. The molecule has 12 N–H and O–H groups in total. The van der Waals surface area contributed by atoms with Crippen LogP contribution in [-0.4, -0.2) is 142 Å². The highest BCUT2D eigenvalue weighted by Crippen LogP contribution is 2.61. The van der Waals surface area contributed by atoms with Crippen LogP contribution in [0.5, 0.6) is 0 Å². The number of aliphatic hydroxyl groups is 6. The number of hydrogen-bond acceptors (Lipinski definition) is 20. The number of ether oxygens (including phenoxy) is 2. The van der Waals surface area contributed by atoms with Crippen molar-refractivity contribution in [3.8, 4) is 0 Å². The number of phosphoric acid groups is 2. The van der Waals surface area contributed by atoms with Gasteiger partial charge in [-0.15, -0.1) is 5.10 Å². The molecule has 0 radical (unpaired) electrons. The molecule has 0 spiro atoms. The predicted molar refractivity (Wildman–Crippen MR) is 146 cm³/mol. The van der Waals surface area contributed by atoms with Crippen LogP contribution in [0.3, 0.4) is 0 Å². The average Bonchev–Trinajstić information content (AvgIpc) is 3.70. The maximum absolute atomic E-state index is 12.6. The molecule has 3 unspecified atom stereocenters. The van der Waals surface area contributed by atoms with Gasteiger partial charge in [0, 0.05) is 0 Å². The van der Waals surface area contributed by atoms with Crippen LogP contribution < -0.4 is 11.3 Å². The van der Waals surface area contributed by atoms with Crippen molar-refractivity contribution in [2.24, 2.45) is 0 Å². The Morgan fingerprint density at radius 1 is 1.04 bits per heavy atom. The van der Waals surface area contributed by atoms with Crippen molar-refractivity contribution in [3.05, 3.63) is 28.6 Å². The average molecular weight is 730 g/mol. The fourth-order valence-corrected chi connectivity index (χ4v) is 6.85. The van der Waals surface area contributed by atoms with E-state index in [0.717, 1.165) is 21.8 Å². The van der Waals surface area contributed by atoms with E-state index in [0.29, 0.717) is 0 Å². The number of nitrogens with two attached hydrogens (primary N) is 1. The highest BCUT2D eigenvalue weighted by molar-refractivity contribution is 7.61. The van der Waals surface area contributed by atoms with Crippen LogP contribution >= 0.6 is 15.6 Å². The maximum atomic E-state index is 12.6. The molecule has 28 heteroatoms. The molecule has 3 aromatic heterocycles. The third kappa shape index (κ3) is 7.47. The van der Waals surface area contributed by atoms with E-state index in [1.54, 1.807) is 0 Å². The van der Waals surface area contributed by atoms with Gasteiger partial charge in [-0.3, -0.25) is 23.4 Å². The smallest absolute Gasteiger partial charge is 0.479 e. The second-order valence-electron chi connectivity index (χ2n) is 10.4. The van der Waals surface area contributed by atoms with Gasteiger partial charge in [-0.05, 0) is 0 Å². The quantitative estimate of drug-likeness (QED) is 0.0775. The highest BCUT2D eigenvalue weighted by atomic mass is 31.3. The van der Waals surface area contributed by atoms with Crippen LogP contribution in [0.25, 0.3) is 11.2 Å². The van der Waals surface area contributed by atoms with Crippen LogP contribution in [0.1, 0.15) is 18.0 Å². The van der Waals surface area contributed by atoms with Gasteiger partial charge in [0.25, 0.3) is 5.56 Å². The summed E-state index contributed by atoms with van der Waals surface area (Å²) in [4.78, 5) is 53.2. The normalized spacial score (nSPS) is 32.5. The number of rotatable bonds is 12. The Balaban J connectivity index is 1.20. The Kier molecular flexibility index (Phi) is 10.2. The predicted octanol–water partition coefficient (Wildman–Crippen LogP) is -5.21. The number of H-pyrrole nitrogens is 1. The number of aliphatic carboxylic acids is 1. The third-order valence-electron chi connectivity index (χ3n) is 7.01. The first-order valence-corrected chi connectivity index (χ1v) is 16.3. The van der Waals surface area contributed by atoms with Crippen molar-refractivity contribution in [1.82, 2.24) is 34.5 Å². The van der Waals surface area contributed by atoms with Gasteiger partial charge >= 0.3 is 21.6 Å². The molecule has 0 aliphatic carbocycles. The lowest BCUT2D eigenvalue weighted by molar-refractivity contribution is -0.278. The maximum Gasteiger partial charge on any atom is 0.483 e. The minimum atomic E-state index is -5.74. The van der Waals surface area contributed by atoms with Crippen LogP contribution in [0.2, 0.25) is 0 Å². The summed E-state index contributed by atoms with van der Waals surface area (Å²) in [6.45, 7) is -1.59. The number of aliphatic hydroxyl groups excluding tert-OH is 6. The standard InChI is InChI=1S/C20H28N8O18P2/c21-20-23-15-8(16(35)24-20)22-4-28(15)17-13(33)11(31)7(43-17)3-42-47(38,39)46-48(40,41)45-19-14(34)12(32)10(30)6(44-19)2-27-1-5(25-26-27)9(29)18(36)37/h1,4,6-7,9-14,17,19,29-34H,2-3H2,(H,36,37)(H,38,39)(H,40,41)(H3,21,23,24,35)/t6-,7+,9?,10+,11+,12+,13+,14-,17+,19+/m0/s1. The molecular weight excluding hydrogens is 702 g/mol. The fraction of sp³-hybridized carbons (Fsp3) is 0.600. The Morgan fingerprint density at radius 3 is 2.42 bits per heavy atom. The molecule has 5 rings (SSSR count). The van der Waals surface area contributed by atoms with Gasteiger partial charge in [-0.25, -0.2) is 23.6 Å². The number of nitrogens with one attached hydrogen (secondary N) is 1. The molecule has 0 saturated carbocycles. The summed E-state index contributed by atoms with van der Waals surface area (Å²) in [6, 6.07) is 0. The summed E-state index contributed by atoms with van der Waals surface area (Å²) < 4.78 is 51.2. The van der Waals surface area contributed by atoms with Crippen molar-refractivity contribution in [3.63, 3.8) is 0 Å². The number of nitrogens with zero attached hydrogens (tertiary/aromatic N) is 6. The number of aromatic amines is 1. The second-order valence-corrected chi connectivity index (χ2v) is 13.4. The number of phosphoric ester groups is 2. The molecule has 0 bridgehead atoms. The second kappa shape index (κ2) is 13.5. The molecule has 26 nitrogen and oxygen atoms in total. The van der Waals surface area contributed by atoms with Gasteiger partial charge in [0.1, 0.15) is 48.4 Å². The Labute approximate surface area is 264 Å². The van der Waals surface area contributed by atoms with Crippen LogP contribution in [0.15, 0.2) is 17.3 Å². The fourth-order valence-electron chi connectivity index (χ4n) is 4.69. The molecule has 3 aromatic rings. The molecule has 0 aromatic carbocycles. The summed E-state index contributed by atoms with van der Waals surface area (Å²) >= 11 is 0. The van der Waals surface area contributed by atoms with Crippen molar-refractivity contribution in [2.45, 2.75) is 67.9 Å². The first-order chi connectivity index (χ1) is 22.4. The van der Waals surface area contributed by atoms with Crippen molar-refractivity contribution >= 4 is 38.7 Å². The summed E-state index contributed by atoms with van der Waals surface area (Å²) in [5.41, 5.74) is 4.08.